The molecule has 0 atom stereocenters. The molecular weight excluding hydrogens is 162 g/mol. The van der Waals surface area contributed by atoms with Crippen molar-refractivity contribution in [1.29, 1.82) is 0 Å². The highest BCUT2D eigenvalue weighted by molar-refractivity contribution is 5.28. The molecule has 13 heavy (non-hydrogen) atoms. The molecule has 0 aliphatic rings. The van der Waals surface area contributed by atoms with Crippen molar-refractivity contribution in [3.63, 3.8) is 0 Å². The van der Waals surface area contributed by atoms with Gasteiger partial charge in [0.1, 0.15) is 5.75 Å². The van der Waals surface area contributed by atoms with Crippen molar-refractivity contribution < 1.29 is 4.74 Å². The van der Waals surface area contributed by atoms with Gasteiger partial charge in [-0.2, -0.15) is 0 Å². The van der Waals surface area contributed by atoms with E-state index in [1.807, 2.05) is 30.3 Å². The molecule has 0 spiro atoms. The zero-order valence-electron chi connectivity index (χ0n) is 7.70. The van der Waals surface area contributed by atoms with Crippen LogP contribution in [0.5, 0.6) is 5.75 Å². The van der Waals surface area contributed by atoms with Gasteiger partial charge in [0.25, 0.3) is 0 Å². The van der Waals surface area contributed by atoms with E-state index in [2.05, 4.69) is 6.58 Å². The van der Waals surface area contributed by atoms with Crippen LogP contribution in [0.3, 0.4) is 0 Å². The van der Waals surface area contributed by atoms with Crippen molar-refractivity contribution in [2.75, 3.05) is 6.61 Å². The molecule has 2 nitrogen and oxygen atoms in total. The average molecular weight is 177 g/mol. The van der Waals surface area contributed by atoms with Gasteiger partial charge in [0, 0.05) is 6.54 Å². The first-order valence-electron chi connectivity index (χ1n) is 4.39. The lowest BCUT2D eigenvalue weighted by atomic mass is 10.2. The number of benzene rings is 1. The SMILES string of the molecule is C=CCCOc1cccc(CN)c1. The molecule has 0 saturated carbocycles. The fourth-order valence-electron chi connectivity index (χ4n) is 1.02. The second-order valence-electron chi connectivity index (χ2n) is 2.78. The molecule has 0 saturated heterocycles. The first-order chi connectivity index (χ1) is 6.36. The van der Waals surface area contributed by atoms with Gasteiger partial charge in [-0.1, -0.05) is 18.2 Å². The smallest absolute Gasteiger partial charge is 0.119 e. The largest absolute Gasteiger partial charge is 0.493 e. The van der Waals surface area contributed by atoms with Crippen LogP contribution < -0.4 is 10.5 Å². The maximum absolute atomic E-state index is 5.50. The van der Waals surface area contributed by atoms with Crippen LogP contribution in [0.2, 0.25) is 0 Å². The minimum Gasteiger partial charge on any atom is -0.493 e. The first kappa shape index (κ1) is 9.81. The standard InChI is InChI=1S/C11H15NO/c1-2-3-7-13-11-6-4-5-10(8-11)9-12/h2,4-6,8H,1,3,7,9,12H2. The fraction of sp³-hybridized carbons (Fsp3) is 0.273. The summed E-state index contributed by atoms with van der Waals surface area (Å²) in [5.74, 6) is 0.879. The van der Waals surface area contributed by atoms with Crippen molar-refractivity contribution in [1.82, 2.24) is 0 Å². The highest BCUT2D eigenvalue weighted by Crippen LogP contribution is 2.12. The third-order valence-corrected chi connectivity index (χ3v) is 1.72. The number of rotatable bonds is 5. The number of nitrogens with two attached hydrogens (primary N) is 1. The Balaban J connectivity index is 2.50. The molecule has 0 aliphatic carbocycles. The van der Waals surface area contributed by atoms with Crippen molar-refractivity contribution in [2.24, 2.45) is 5.73 Å². The maximum Gasteiger partial charge on any atom is 0.119 e. The second-order valence-corrected chi connectivity index (χ2v) is 2.78. The molecule has 70 valence electrons. The van der Waals surface area contributed by atoms with Crippen LogP contribution in [0.15, 0.2) is 36.9 Å². The Labute approximate surface area is 79.0 Å². The van der Waals surface area contributed by atoms with E-state index in [9.17, 15) is 0 Å². The van der Waals surface area contributed by atoms with Crippen molar-refractivity contribution in [3.05, 3.63) is 42.5 Å². The van der Waals surface area contributed by atoms with E-state index in [-0.39, 0.29) is 0 Å². The quantitative estimate of drug-likeness (QED) is 0.552. The molecular formula is C11H15NO. The summed E-state index contributed by atoms with van der Waals surface area (Å²) in [6.45, 7) is 4.86. The van der Waals surface area contributed by atoms with Gasteiger partial charge in [0.2, 0.25) is 0 Å². The number of ether oxygens (including phenoxy) is 1. The normalized spacial score (nSPS) is 9.62. The zero-order valence-corrected chi connectivity index (χ0v) is 7.70. The Morgan fingerprint density at radius 3 is 3.00 bits per heavy atom. The summed E-state index contributed by atoms with van der Waals surface area (Å²) in [6.07, 6.45) is 2.71. The topological polar surface area (TPSA) is 35.2 Å². The van der Waals surface area contributed by atoms with Gasteiger partial charge in [-0.3, -0.25) is 0 Å². The Morgan fingerprint density at radius 2 is 2.31 bits per heavy atom. The molecule has 1 rings (SSSR count). The van der Waals surface area contributed by atoms with Crippen LogP contribution >= 0.6 is 0 Å². The monoisotopic (exact) mass is 177 g/mol. The van der Waals surface area contributed by atoms with Gasteiger partial charge >= 0.3 is 0 Å². The van der Waals surface area contributed by atoms with Crippen LogP contribution in [-0.2, 0) is 6.54 Å². The van der Waals surface area contributed by atoms with Crippen LogP contribution in [-0.4, -0.2) is 6.61 Å². The molecule has 0 heterocycles. The molecule has 0 radical (unpaired) electrons. The Morgan fingerprint density at radius 1 is 1.46 bits per heavy atom. The molecule has 1 aromatic rings. The minimum absolute atomic E-state index is 0.554. The molecule has 0 bridgehead atoms. The summed E-state index contributed by atoms with van der Waals surface area (Å²) in [6, 6.07) is 7.83. The van der Waals surface area contributed by atoms with Crippen LogP contribution in [0.25, 0.3) is 0 Å². The molecule has 1 aromatic carbocycles. The maximum atomic E-state index is 5.50. The summed E-state index contributed by atoms with van der Waals surface area (Å²) in [7, 11) is 0. The third-order valence-electron chi connectivity index (χ3n) is 1.72. The summed E-state index contributed by atoms with van der Waals surface area (Å²) < 4.78 is 5.46. The van der Waals surface area contributed by atoms with Crippen LogP contribution in [0.4, 0.5) is 0 Å². The van der Waals surface area contributed by atoms with Crippen molar-refractivity contribution in [2.45, 2.75) is 13.0 Å². The van der Waals surface area contributed by atoms with Gasteiger partial charge in [0.15, 0.2) is 0 Å². The highest BCUT2D eigenvalue weighted by atomic mass is 16.5. The lowest BCUT2D eigenvalue weighted by Gasteiger charge is -2.05. The predicted octanol–water partition coefficient (Wildman–Crippen LogP) is 2.10. The average Bonchev–Trinajstić information content (AvgIpc) is 2.19. The van der Waals surface area contributed by atoms with E-state index in [1.165, 1.54) is 0 Å². The molecule has 2 heteroatoms. The lowest BCUT2D eigenvalue weighted by molar-refractivity contribution is 0.324. The van der Waals surface area contributed by atoms with E-state index in [0.717, 1.165) is 17.7 Å². The third kappa shape index (κ3) is 3.30. The molecule has 0 fully saturated rings. The molecule has 0 amide bonds. The van der Waals surface area contributed by atoms with E-state index >= 15 is 0 Å². The van der Waals surface area contributed by atoms with Crippen LogP contribution in [0.1, 0.15) is 12.0 Å². The molecule has 0 aromatic heterocycles. The molecule has 0 unspecified atom stereocenters. The summed E-state index contributed by atoms with van der Waals surface area (Å²) in [5.41, 5.74) is 6.60. The van der Waals surface area contributed by atoms with Gasteiger partial charge in [-0.25, -0.2) is 0 Å². The minimum atomic E-state index is 0.554. The summed E-state index contributed by atoms with van der Waals surface area (Å²) >= 11 is 0. The summed E-state index contributed by atoms with van der Waals surface area (Å²) in [4.78, 5) is 0. The fourth-order valence-corrected chi connectivity index (χ4v) is 1.02. The van der Waals surface area contributed by atoms with Crippen molar-refractivity contribution in [3.8, 4) is 5.75 Å². The Bertz CT molecular complexity index is 271. The Hall–Kier alpha value is -1.28. The lowest BCUT2D eigenvalue weighted by Crippen LogP contribution is -1.99. The van der Waals surface area contributed by atoms with Gasteiger partial charge in [-0.15, -0.1) is 6.58 Å². The van der Waals surface area contributed by atoms with Gasteiger partial charge < -0.3 is 10.5 Å². The van der Waals surface area contributed by atoms with E-state index < -0.39 is 0 Å². The molecule has 0 aliphatic heterocycles. The van der Waals surface area contributed by atoms with Gasteiger partial charge in [-0.05, 0) is 24.1 Å². The Kier molecular flexibility index (Phi) is 4.06. The zero-order chi connectivity index (χ0) is 9.52. The van der Waals surface area contributed by atoms with E-state index in [1.54, 1.807) is 0 Å². The van der Waals surface area contributed by atoms with E-state index in [4.69, 9.17) is 10.5 Å². The number of hydrogen-bond donors (Lipinski definition) is 1. The second kappa shape index (κ2) is 5.38. The van der Waals surface area contributed by atoms with Crippen LogP contribution in [0, 0.1) is 0 Å². The summed E-state index contributed by atoms with van der Waals surface area (Å²) in [5, 5.41) is 0. The highest BCUT2D eigenvalue weighted by Gasteiger charge is 1.93. The van der Waals surface area contributed by atoms with Gasteiger partial charge in [0.05, 0.1) is 6.61 Å². The predicted molar refractivity (Wildman–Crippen MR) is 54.6 cm³/mol. The molecule has 2 N–H and O–H groups in total. The van der Waals surface area contributed by atoms with Crippen molar-refractivity contribution >= 4 is 0 Å². The first-order valence-corrected chi connectivity index (χ1v) is 4.39. The van der Waals surface area contributed by atoms with E-state index in [0.29, 0.717) is 13.2 Å². The number of hydrogen-bond acceptors (Lipinski definition) is 2.